The molecule has 4 rings (SSSR count). The van der Waals surface area contributed by atoms with E-state index in [-0.39, 0.29) is 17.9 Å². The summed E-state index contributed by atoms with van der Waals surface area (Å²) in [5.41, 5.74) is 5.84. The predicted molar refractivity (Wildman–Crippen MR) is 131 cm³/mol. The van der Waals surface area contributed by atoms with E-state index < -0.39 is 0 Å². The molecular formula is C22H36N8O2S. The zero-order valence-corrected chi connectivity index (χ0v) is 21.1. The number of amides is 1. The number of thiazole rings is 1. The summed E-state index contributed by atoms with van der Waals surface area (Å²) in [4.78, 5) is 37.7. The molecule has 1 unspecified atom stereocenters. The van der Waals surface area contributed by atoms with Gasteiger partial charge in [-0.15, -0.1) is 0 Å². The van der Waals surface area contributed by atoms with E-state index in [2.05, 4.69) is 21.7 Å². The number of likely N-dealkylation sites (tertiary alicyclic amines) is 1. The minimum Gasteiger partial charge on any atom is -0.377 e. The summed E-state index contributed by atoms with van der Waals surface area (Å²) in [6.45, 7) is 10.5. The first-order chi connectivity index (χ1) is 15.9. The molecule has 0 aliphatic carbocycles. The summed E-state index contributed by atoms with van der Waals surface area (Å²) in [7, 11) is 3.64. The third-order valence-electron chi connectivity index (χ3n) is 5.78. The topological polar surface area (TPSA) is 114 Å². The van der Waals surface area contributed by atoms with Crippen LogP contribution in [-0.4, -0.2) is 88.6 Å². The van der Waals surface area contributed by atoms with Gasteiger partial charge in [-0.25, -0.2) is 9.97 Å². The number of hydrogen-bond donors (Lipinski definition) is 1. The summed E-state index contributed by atoms with van der Waals surface area (Å²) in [5, 5.41) is 0.492. The van der Waals surface area contributed by atoms with Crippen molar-refractivity contribution in [2.45, 2.75) is 46.2 Å². The van der Waals surface area contributed by atoms with Crippen LogP contribution in [-0.2, 0) is 16.1 Å². The molecule has 0 bridgehead atoms. The van der Waals surface area contributed by atoms with Crippen LogP contribution in [0.3, 0.4) is 0 Å². The second-order valence-corrected chi connectivity index (χ2v) is 9.40. The number of carbonyl (C=O) groups excluding carboxylic acids is 1. The summed E-state index contributed by atoms with van der Waals surface area (Å²) in [6.07, 6.45) is 3.42. The summed E-state index contributed by atoms with van der Waals surface area (Å²) < 4.78 is 5.57. The van der Waals surface area contributed by atoms with Crippen molar-refractivity contribution < 1.29 is 9.53 Å². The van der Waals surface area contributed by atoms with E-state index in [1.807, 2.05) is 27.9 Å². The van der Waals surface area contributed by atoms with E-state index in [1.54, 1.807) is 11.1 Å². The molecule has 2 aromatic heterocycles. The third kappa shape index (κ3) is 6.36. The minimum atomic E-state index is 0.102. The van der Waals surface area contributed by atoms with Crippen LogP contribution in [0.25, 0.3) is 10.7 Å². The van der Waals surface area contributed by atoms with Crippen LogP contribution in [0.2, 0.25) is 0 Å². The van der Waals surface area contributed by atoms with Crippen molar-refractivity contribution in [1.82, 2.24) is 29.7 Å². The van der Waals surface area contributed by atoms with Gasteiger partial charge in [-0.2, -0.15) is 9.97 Å². The molecule has 0 radical (unpaired) electrons. The molecule has 2 fully saturated rings. The fourth-order valence-corrected chi connectivity index (χ4v) is 4.65. The number of piperidine rings is 1. The Morgan fingerprint density at radius 1 is 1.21 bits per heavy atom. The Labute approximate surface area is 200 Å². The maximum Gasteiger partial charge on any atom is 0.229 e. The average Bonchev–Trinajstić information content (AvgIpc) is 3.27. The molecule has 182 valence electrons. The molecule has 0 aromatic carbocycles. The van der Waals surface area contributed by atoms with Gasteiger partial charge in [0.25, 0.3) is 0 Å². The molecular weight excluding hydrogens is 440 g/mol. The Morgan fingerprint density at radius 2 is 1.94 bits per heavy atom. The van der Waals surface area contributed by atoms with Gasteiger partial charge >= 0.3 is 0 Å². The Hall–Kier alpha value is -2.37. The number of nitrogens with zero attached hydrogens (tertiary/aromatic N) is 7. The number of carbonyl (C=O) groups is 1. The van der Waals surface area contributed by atoms with Crippen LogP contribution < -0.4 is 10.6 Å². The number of nitrogen functional groups attached to an aromatic ring is 1. The molecule has 4 heterocycles. The number of morpholine rings is 1. The number of aromatic nitrogens is 4. The first-order valence-electron chi connectivity index (χ1n) is 11.6. The van der Waals surface area contributed by atoms with Crippen molar-refractivity contribution in [3.63, 3.8) is 0 Å². The first-order valence-corrected chi connectivity index (χ1v) is 12.5. The fourth-order valence-electron chi connectivity index (χ4n) is 4.04. The van der Waals surface area contributed by atoms with Crippen LogP contribution in [0.15, 0.2) is 6.20 Å². The van der Waals surface area contributed by atoms with Crippen LogP contribution in [0.1, 0.15) is 39.4 Å². The molecule has 33 heavy (non-hydrogen) atoms. The summed E-state index contributed by atoms with van der Waals surface area (Å²) in [6, 6.07) is 0.191. The lowest BCUT2D eigenvalue weighted by molar-refractivity contribution is -0.134. The lowest BCUT2D eigenvalue weighted by atomic mass is 9.95. The van der Waals surface area contributed by atoms with Crippen molar-refractivity contribution in [1.29, 1.82) is 0 Å². The summed E-state index contributed by atoms with van der Waals surface area (Å²) >= 11 is 1.37. The average molecular weight is 477 g/mol. The van der Waals surface area contributed by atoms with Crippen molar-refractivity contribution in [2.75, 3.05) is 57.6 Å². The highest BCUT2D eigenvalue weighted by Crippen LogP contribution is 2.27. The first kappa shape index (κ1) is 25.3. The van der Waals surface area contributed by atoms with E-state index >= 15 is 0 Å². The van der Waals surface area contributed by atoms with E-state index in [4.69, 9.17) is 25.4 Å². The van der Waals surface area contributed by atoms with Crippen LogP contribution in [0, 0.1) is 5.92 Å². The predicted octanol–water partition coefficient (Wildman–Crippen LogP) is 2.13. The number of hydrogen-bond acceptors (Lipinski definition) is 10. The molecule has 10 nitrogen and oxygen atoms in total. The molecule has 2 aromatic rings. The number of rotatable bonds is 5. The summed E-state index contributed by atoms with van der Waals surface area (Å²) in [5.74, 6) is 2.31. The Kier molecular flexibility index (Phi) is 8.93. The van der Waals surface area contributed by atoms with Gasteiger partial charge in [0.15, 0.2) is 11.0 Å². The molecule has 0 saturated carbocycles. The SMILES string of the molecule is CC.CC1COCCN1c1nc(CN2CCC(C(=O)N(C)C)CC2)nc(-c2cnc(N)s2)n1. The van der Waals surface area contributed by atoms with E-state index in [0.29, 0.717) is 36.7 Å². The number of ether oxygens (including phenoxy) is 1. The lowest BCUT2D eigenvalue weighted by Crippen LogP contribution is -2.45. The Balaban J connectivity index is 0.00000149. The second kappa shape index (κ2) is 11.7. The Morgan fingerprint density at radius 3 is 2.55 bits per heavy atom. The highest BCUT2D eigenvalue weighted by Gasteiger charge is 2.28. The van der Waals surface area contributed by atoms with Gasteiger partial charge in [-0.3, -0.25) is 9.69 Å². The van der Waals surface area contributed by atoms with Gasteiger partial charge in [0.1, 0.15) is 5.82 Å². The van der Waals surface area contributed by atoms with Gasteiger partial charge < -0.3 is 20.3 Å². The molecule has 2 aliphatic rings. The lowest BCUT2D eigenvalue weighted by Gasteiger charge is -2.34. The van der Waals surface area contributed by atoms with Crippen LogP contribution >= 0.6 is 11.3 Å². The highest BCUT2D eigenvalue weighted by atomic mass is 32.1. The molecule has 2 N–H and O–H groups in total. The van der Waals surface area contributed by atoms with E-state index in [9.17, 15) is 4.79 Å². The monoisotopic (exact) mass is 476 g/mol. The second-order valence-electron chi connectivity index (χ2n) is 8.34. The molecule has 2 aliphatic heterocycles. The van der Waals surface area contributed by atoms with Gasteiger partial charge in [0.2, 0.25) is 11.9 Å². The quantitative estimate of drug-likeness (QED) is 0.693. The van der Waals surface area contributed by atoms with Crippen molar-refractivity contribution in [3.8, 4) is 10.7 Å². The Bertz CT molecular complexity index is 914. The smallest absolute Gasteiger partial charge is 0.229 e. The third-order valence-corrected chi connectivity index (χ3v) is 6.60. The van der Waals surface area contributed by atoms with E-state index in [1.165, 1.54) is 11.3 Å². The molecule has 1 atom stereocenters. The van der Waals surface area contributed by atoms with Crippen molar-refractivity contribution in [2.24, 2.45) is 5.92 Å². The van der Waals surface area contributed by atoms with E-state index in [0.717, 1.165) is 43.2 Å². The highest BCUT2D eigenvalue weighted by molar-refractivity contribution is 7.18. The normalized spacial score (nSPS) is 19.7. The van der Waals surface area contributed by atoms with Gasteiger partial charge in [0.05, 0.1) is 36.9 Å². The zero-order valence-electron chi connectivity index (χ0n) is 20.3. The van der Waals surface area contributed by atoms with Crippen LogP contribution in [0.5, 0.6) is 0 Å². The largest absolute Gasteiger partial charge is 0.377 e. The maximum absolute atomic E-state index is 12.3. The number of anilines is 2. The van der Waals surface area contributed by atoms with Crippen molar-refractivity contribution >= 4 is 28.3 Å². The molecule has 2 saturated heterocycles. The minimum absolute atomic E-state index is 0.102. The maximum atomic E-state index is 12.3. The van der Waals surface area contributed by atoms with Gasteiger partial charge in [-0.1, -0.05) is 25.2 Å². The van der Waals surface area contributed by atoms with Gasteiger partial charge in [0, 0.05) is 26.6 Å². The van der Waals surface area contributed by atoms with Crippen LogP contribution in [0.4, 0.5) is 11.1 Å². The standard InChI is InChI=1S/C20H30N8O2S.C2H6/c1-13-12-30-9-8-28(13)20-24-16(23-17(25-20)15-10-22-19(21)31-15)11-27-6-4-14(5-7-27)18(29)26(2)3;1-2/h10,13-14H,4-9,11-12H2,1-3H3,(H2,21,22);1-2H3. The molecule has 1 amide bonds. The van der Waals surface area contributed by atoms with Gasteiger partial charge in [-0.05, 0) is 32.9 Å². The zero-order chi connectivity index (χ0) is 24.0. The molecule has 0 spiro atoms. The molecule has 11 heteroatoms. The fraction of sp³-hybridized carbons (Fsp3) is 0.682. The van der Waals surface area contributed by atoms with Crippen molar-refractivity contribution in [3.05, 3.63) is 12.0 Å². The number of nitrogens with two attached hydrogens (primary N) is 1.